The predicted octanol–water partition coefficient (Wildman–Crippen LogP) is 3.23. The third-order valence-corrected chi connectivity index (χ3v) is 3.70. The normalized spacial score (nSPS) is 10.8. The Balaban J connectivity index is 1.89. The molecule has 3 aromatic rings. The van der Waals surface area contributed by atoms with Gasteiger partial charge in [-0.3, -0.25) is 0 Å². The van der Waals surface area contributed by atoms with Gasteiger partial charge in [0, 0.05) is 10.8 Å². The topological polar surface area (TPSA) is 68.9 Å². The maximum atomic E-state index is 11.4. The van der Waals surface area contributed by atoms with Gasteiger partial charge in [0.25, 0.3) is 0 Å². The monoisotopic (exact) mass is 330 g/mol. The molecule has 23 heavy (non-hydrogen) atoms. The summed E-state index contributed by atoms with van der Waals surface area (Å²) in [5.41, 5.74) is 1.38. The van der Waals surface area contributed by atoms with Crippen molar-refractivity contribution in [1.82, 2.24) is 0 Å². The standard InChI is InChI=1S/C17H14O5S/c18-7-8-20-16(19)10-21-11-5-6-15-13(9-11)17(23)12-3-1-2-4-14(12)22-15/h1-6,9,18H,7-8,10H2. The molecule has 6 heteroatoms. The number of rotatable bonds is 5. The van der Waals surface area contributed by atoms with Gasteiger partial charge in [0.05, 0.1) is 11.1 Å². The predicted molar refractivity (Wildman–Crippen MR) is 88.1 cm³/mol. The summed E-state index contributed by atoms with van der Waals surface area (Å²) in [6, 6.07) is 12.8. The van der Waals surface area contributed by atoms with Crippen molar-refractivity contribution in [2.75, 3.05) is 19.8 Å². The molecule has 0 fully saturated rings. The summed E-state index contributed by atoms with van der Waals surface area (Å²) in [5, 5.41) is 10.2. The lowest BCUT2D eigenvalue weighted by Crippen LogP contribution is -2.16. The number of benzene rings is 2. The molecular weight excluding hydrogens is 316 g/mol. The molecule has 0 atom stereocenters. The number of fused-ring (bicyclic) bond motifs is 2. The minimum absolute atomic E-state index is 0.0406. The van der Waals surface area contributed by atoms with Crippen molar-refractivity contribution in [2.45, 2.75) is 0 Å². The second-order valence-electron chi connectivity index (χ2n) is 4.82. The molecule has 1 N–H and O–H groups in total. The van der Waals surface area contributed by atoms with Crippen molar-refractivity contribution < 1.29 is 23.8 Å². The summed E-state index contributed by atoms with van der Waals surface area (Å²) in [6.45, 7) is -0.486. The summed E-state index contributed by atoms with van der Waals surface area (Å²) >= 11 is 5.51. The van der Waals surface area contributed by atoms with Gasteiger partial charge < -0.3 is 19.0 Å². The molecule has 0 spiro atoms. The zero-order chi connectivity index (χ0) is 16.2. The molecule has 118 valence electrons. The molecule has 1 heterocycles. The van der Waals surface area contributed by atoms with E-state index in [1.807, 2.05) is 24.3 Å². The van der Waals surface area contributed by atoms with Crippen LogP contribution in [-0.2, 0) is 9.53 Å². The molecule has 0 aliphatic rings. The number of para-hydroxylation sites is 1. The number of carbonyl (C=O) groups is 1. The lowest BCUT2D eigenvalue weighted by Gasteiger charge is -2.08. The molecular formula is C17H14O5S. The molecule has 0 saturated heterocycles. The summed E-state index contributed by atoms with van der Waals surface area (Å²) < 4.78 is 16.6. The van der Waals surface area contributed by atoms with Crippen LogP contribution >= 0.6 is 12.2 Å². The van der Waals surface area contributed by atoms with E-state index in [9.17, 15) is 4.79 Å². The van der Waals surface area contributed by atoms with Gasteiger partial charge in [-0.1, -0.05) is 24.4 Å². The number of carbonyl (C=O) groups excluding carboxylic acids is 1. The molecule has 0 amide bonds. The van der Waals surface area contributed by atoms with E-state index in [0.717, 1.165) is 16.4 Å². The van der Waals surface area contributed by atoms with Gasteiger partial charge in [0.2, 0.25) is 0 Å². The highest BCUT2D eigenvalue weighted by molar-refractivity contribution is 7.72. The zero-order valence-electron chi connectivity index (χ0n) is 12.2. The van der Waals surface area contributed by atoms with Crippen molar-refractivity contribution in [1.29, 1.82) is 0 Å². The lowest BCUT2D eigenvalue weighted by molar-refractivity contribution is -0.146. The first-order valence-corrected chi connectivity index (χ1v) is 7.45. The smallest absolute Gasteiger partial charge is 0.344 e. The molecule has 3 rings (SSSR count). The minimum atomic E-state index is -0.541. The van der Waals surface area contributed by atoms with E-state index in [-0.39, 0.29) is 19.8 Å². The molecule has 0 aliphatic heterocycles. The second kappa shape index (κ2) is 6.76. The van der Waals surface area contributed by atoms with E-state index in [1.165, 1.54) is 0 Å². The minimum Gasteiger partial charge on any atom is -0.482 e. The molecule has 0 unspecified atom stereocenters. The fourth-order valence-corrected chi connectivity index (χ4v) is 2.54. The second-order valence-corrected chi connectivity index (χ2v) is 5.23. The van der Waals surface area contributed by atoms with Gasteiger partial charge in [-0.15, -0.1) is 0 Å². The Morgan fingerprint density at radius 1 is 1.13 bits per heavy atom. The van der Waals surface area contributed by atoms with Crippen molar-refractivity contribution in [3.05, 3.63) is 47.0 Å². The average molecular weight is 330 g/mol. The van der Waals surface area contributed by atoms with Crippen LogP contribution < -0.4 is 4.74 Å². The van der Waals surface area contributed by atoms with E-state index in [1.54, 1.807) is 18.2 Å². The number of ether oxygens (including phenoxy) is 2. The summed E-state index contributed by atoms with van der Waals surface area (Å²) in [6.07, 6.45) is 0. The zero-order valence-corrected chi connectivity index (χ0v) is 13.0. The highest BCUT2D eigenvalue weighted by atomic mass is 32.1. The Kier molecular flexibility index (Phi) is 4.55. The van der Waals surface area contributed by atoms with Gasteiger partial charge in [-0.05, 0) is 30.3 Å². The number of hydrogen-bond donors (Lipinski definition) is 1. The number of esters is 1. The van der Waals surface area contributed by atoms with Crippen LogP contribution in [0.3, 0.4) is 0 Å². The summed E-state index contributed by atoms with van der Waals surface area (Å²) in [7, 11) is 0. The van der Waals surface area contributed by atoms with E-state index >= 15 is 0 Å². The van der Waals surface area contributed by atoms with Crippen LogP contribution in [0.4, 0.5) is 0 Å². The van der Waals surface area contributed by atoms with E-state index in [2.05, 4.69) is 0 Å². The fourth-order valence-electron chi connectivity index (χ4n) is 2.22. The van der Waals surface area contributed by atoms with Gasteiger partial charge >= 0.3 is 5.97 Å². The lowest BCUT2D eigenvalue weighted by atomic mass is 10.1. The molecule has 0 radical (unpaired) electrons. The molecule has 0 saturated carbocycles. The van der Waals surface area contributed by atoms with Crippen LogP contribution in [0.2, 0.25) is 0 Å². The number of aliphatic hydroxyl groups excluding tert-OH is 1. The third kappa shape index (κ3) is 3.33. The number of aliphatic hydroxyl groups is 1. The van der Waals surface area contributed by atoms with Crippen LogP contribution in [0.5, 0.6) is 5.75 Å². The van der Waals surface area contributed by atoms with E-state index in [0.29, 0.717) is 15.8 Å². The van der Waals surface area contributed by atoms with Crippen LogP contribution in [0.25, 0.3) is 21.9 Å². The SMILES string of the molecule is O=C(COc1ccc2oc3ccccc3c(=S)c2c1)OCCO. The molecule has 0 bridgehead atoms. The first-order valence-electron chi connectivity index (χ1n) is 7.04. The highest BCUT2D eigenvalue weighted by Gasteiger charge is 2.08. The summed E-state index contributed by atoms with van der Waals surface area (Å²) in [5.74, 6) is -0.0454. The van der Waals surface area contributed by atoms with Crippen molar-refractivity contribution in [2.24, 2.45) is 0 Å². The van der Waals surface area contributed by atoms with Crippen molar-refractivity contribution in [3.8, 4) is 5.75 Å². The third-order valence-electron chi connectivity index (χ3n) is 3.26. The molecule has 5 nitrogen and oxygen atoms in total. The van der Waals surface area contributed by atoms with Crippen LogP contribution in [0.1, 0.15) is 0 Å². The van der Waals surface area contributed by atoms with E-state index < -0.39 is 5.97 Å². The largest absolute Gasteiger partial charge is 0.482 e. The molecule has 0 aliphatic carbocycles. The Morgan fingerprint density at radius 3 is 2.74 bits per heavy atom. The molecule has 1 aromatic heterocycles. The van der Waals surface area contributed by atoms with Crippen LogP contribution in [0.15, 0.2) is 46.9 Å². The van der Waals surface area contributed by atoms with Gasteiger partial charge in [-0.25, -0.2) is 4.79 Å². The molecule has 2 aromatic carbocycles. The van der Waals surface area contributed by atoms with Crippen LogP contribution in [0, 0.1) is 4.51 Å². The van der Waals surface area contributed by atoms with Gasteiger partial charge in [0.15, 0.2) is 6.61 Å². The first-order chi connectivity index (χ1) is 11.2. The maximum absolute atomic E-state index is 11.4. The number of hydrogen-bond acceptors (Lipinski definition) is 6. The Morgan fingerprint density at radius 2 is 1.91 bits per heavy atom. The Bertz CT molecular complexity index is 916. The average Bonchev–Trinajstić information content (AvgIpc) is 2.58. The fraction of sp³-hybridized carbons (Fsp3) is 0.176. The highest BCUT2D eigenvalue weighted by Crippen LogP contribution is 2.28. The maximum Gasteiger partial charge on any atom is 0.344 e. The Labute approximate surface area is 137 Å². The summed E-state index contributed by atoms with van der Waals surface area (Å²) in [4.78, 5) is 11.4. The quantitative estimate of drug-likeness (QED) is 0.440. The van der Waals surface area contributed by atoms with Crippen LogP contribution in [-0.4, -0.2) is 30.9 Å². The van der Waals surface area contributed by atoms with Gasteiger partial charge in [0.1, 0.15) is 23.5 Å². The van der Waals surface area contributed by atoms with E-state index in [4.69, 9.17) is 31.2 Å². The van der Waals surface area contributed by atoms with Crippen molar-refractivity contribution >= 4 is 40.1 Å². The van der Waals surface area contributed by atoms with Crippen molar-refractivity contribution in [3.63, 3.8) is 0 Å². The van der Waals surface area contributed by atoms with Gasteiger partial charge in [-0.2, -0.15) is 0 Å². The Hall–Kier alpha value is -2.44. The first kappa shape index (κ1) is 15.5.